The molecular formula is C14H20N4O3. The second-order valence-electron chi connectivity index (χ2n) is 5.13. The molecule has 1 amide bonds. The second-order valence-corrected chi connectivity index (χ2v) is 5.13. The summed E-state index contributed by atoms with van der Waals surface area (Å²) in [5, 5.41) is 11.1. The number of nitro groups is 1. The van der Waals surface area contributed by atoms with Gasteiger partial charge in [-0.1, -0.05) is 13.0 Å². The van der Waals surface area contributed by atoms with Crippen molar-refractivity contribution in [2.75, 3.05) is 38.5 Å². The molecule has 0 unspecified atom stereocenters. The van der Waals surface area contributed by atoms with E-state index >= 15 is 0 Å². The van der Waals surface area contributed by atoms with E-state index in [1.165, 1.54) is 12.1 Å². The molecule has 1 heterocycles. The van der Waals surface area contributed by atoms with Crippen LogP contribution in [0.3, 0.4) is 0 Å². The number of benzene rings is 1. The van der Waals surface area contributed by atoms with Crippen molar-refractivity contribution in [1.29, 1.82) is 0 Å². The van der Waals surface area contributed by atoms with Gasteiger partial charge >= 0.3 is 5.69 Å². The average Bonchev–Trinajstić information content (AvgIpc) is 2.47. The quantitative estimate of drug-likeness (QED) is 0.513. The third-order valence-corrected chi connectivity index (χ3v) is 3.68. The first-order valence-electron chi connectivity index (χ1n) is 7.09. The third-order valence-electron chi connectivity index (χ3n) is 3.68. The number of nitrogen functional groups attached to an aromatic ring is 1. The molecule has 7 heteroatoms. The van der Waals surface area contributed by atoms with Gasteiger partial charge in [0.05, 0.1) is 4.92 Å². The third kappa shape index (κ3) is 3.30. The SMILES string of the molecule is CCCN1CCN(C(=O)c2cccc(N)c2[N+](=O)[O-])CC1. The van der Waals surface area contributed by atoms with Crippen molar-refractivity contribution in [2.45, 2.75) is 13.3 Å². The predicted molar refractivity (Wildman–Crippen MR) is 80.1 cm³/mol. The lowest BCUT2D eigenvalue weighted by Crippen LogP contribution is -2.48. The lowest BCUT2D eigenvalue weighted by atomic mass is 10.1. The standard InChI is InChI=1S/C14H20N4O3/c1-2-6-16-7-9-17(10-8-16)14(19)11-4-3-5-12(15)13(11)18(20)21/h3-5H,2,6-10,15H2,1H3. The minimum atomic E-state index is -0.587. The molecule has 0 spiro atoms. The summed E-state index contributed by atoms with van der Waals surface area (Å²) >= 11 is 0. The maximum Gasteiger partial charge on any atom is 0.304 e. The fourth-order valence-corrected chi connectivity index (χ4v) is 2.60. The Morgan fingerprint density at radius 2 is 2.00 bits per heavy atom. The number of nitrogens with zero attached hydrogens (tertiary/aromatic N) is 3. The molecule has 1 aliphatic rings. The number of piperazine rings is 1. The van der Waals surface area contributed by atoms with E-state index in [1.54, 1.807) is 11.0 Å². The van der Waals surface area contributed by atoms with E-state index < -0.39 is 4.92 Å². The highest BCUT2D eigenvalue weighted by Gasteiger charge is 2.28. The van der Waals surface area contributed by atoms with Gasteiger partial charge in [0.25, 0.3) is 5.91 Å². The first-order chi connectivity index (χ1) is 10.0. The number of hydrogen-bond donors (Lipinski definition) is 1. The summed E-state index contributed by atoms with van der Waals surface area (Å²) in [6, 6.07) is 4.48. The molecule has 2 N–H and O–H groups in total. The van der Waals surface area contributed by atoms with Gasteiger partial charge in [-0.25, -0.2) is 0 Å². The Bertz CT molecular complexity index is 539. The second kappa shape index (κ2) is 6.53. The van der Waals surface area contributed by atoms with E-state index in [-0.39, 0.29) is 22.8 Å². The van der Waals surface area contributed by atoms with Crippen LogP contribution in [0, 0.1) is 10.1 Å². The summed E-state index contributed by atoms with van der Waals surface area (Å²) in [4.78, 5) is 27.0. The highest BCUT2D eigenvalue weighted by atomic mass is 16.6. The van der Waals surface area contributed by atoms with Crippen LogP contribution in [0.4, 0.5) is 11.4 Å². The van der Waals surface area contributed by atoms with Crippen molar-refractivity contribution in [1.82, 2.24) is 9.80 Å². The van der Waals surface area contributed by atoms with E-state index in [4.69, 9.17) is 5.73 Å². The molecule has 1 aromatic carbocycles. The molecule has 1 fully saturated rings. The largest absolute Gasteiger partial charge is 0.393 e. The predicted octanol–water partition coefficient (Wildman–Crippen LogP) is 1.34. The molecule has 2 rings (SSSR count). The lowest BCUT2D eigenvalue weighted by Gasteiger charge is -2.34. The van der Waals surface area contributed by atoms with Gasteiger partial charge in [0.1, 0.15) is 11.3 Å². The molecule has 1 saturated heterocycles. The van der Waals surface area contributed by atoms with E-state index in [9.17, 15) is 14.9 Å². The Balaban J connectivity index is 2.15. The smallest absolute Gasteiger partial charge is 0.304 e. The first-order valence-corrected chi connectivity index (χ1v) is 7.09. The fourth-order valence-electron chi connectivity index (χ4n) is 2.60. The van der Waals surface area contributed by atoms with E-state index in [2.05, 4.69) is 11.8 Å². The Labute approximate surface area is 123 Å². The molecule has 0 bridgehead atoms. The number of hydrogen-bond acceptors (Lipinski definition) is 5. The maximum atomic E-state index is 12.5. The Morgan fingerprint density at radius 1 is 1.33 bits per heavy atom. The van der Waals surface area contributed by atoms with E-state index in [0.717, 1.165) is 26.1 Å². The average molecular weight is 292 g/mol. The Morgan fingerprint density at radius 3 is 2.57 bits per heavy atom. The molecule has 0 atom stereocenters. The van der Waals surface area contributed by atoms with Gasteiger partial charge in [0, 0.05) is 26.2 Å². The number of anilines is 1. The zero-order valence-electron chi connectivity index (χ0n) is 12.1. The van der Waals surface area contributed by atoms with Gasteiger partial charge < -0.3 is 10.6 Å². The molecule has 0 saturated carbocycles. The van der Waals surface area contributed by atoms with Gasteiger partial charge in [-0.2, -0.15) is 0 Å². The van der Waals surface area contributed by atoms with Crippen molar-refractivity contribution in [2.24, 2.45) is 0 Å². The maximum absolute atomic E-state index is 12.5. The molecule has 114 valence electrons. The minimum absolute atomic E-state index is 0.0236. The van der Waals surface area contributed by atoms with Crippen molar-refractivity contribution < 1.29 is 9.72 Å². The van der Waals surface area contributed by atoms with Crippen molar-refractivity contribution in [3.8, 4) is 0 Å². The first kappa shape index (κ1) is 15.2. The van der Waals surface area contributed by atoms with E-state index in [0.29, 0.717) is 13.1 Å². The topological polar surface area (TPSA) is 92.7 Å². The number of nitro benzene ring substituents is 1. The van der Waals surface area contributed by atoms with Crippen LogP contribution in [0.2, 0.25) is 0 Å². The summed E-state index contributed by atoms with van der Waals surface area (Å²) < 4.78 is 0. The minimum Gasteiger partial charge on any atom is -0.393 e. The number of para-hydroxylation sites is 1. The van der Waals surface area contributed by atoms with Crippen molar-refractivity contribution in [3.05, 3.63) is 33.9 Å². The zero-order valence-corrected chi connectivity index (χ0v) is 12.1. The Hall–Kier alpha value is -2.15. The van der Waals surface area contributed by atoms with Crippen molar-refractivity contribution >= 4 is 17.3 Å². The highest BCUT2D eigenvalue weighted by Crippen LogP contribution is 2.27. The van der Waals surface area contributed by atoms with Gasteiger partial charge in [0.2, 0.25) is 0 Å². The monoisotopic (exact) mass is 292 g/mol. The van der Waals surface area contributed by atoms with Crippen LogP contribution in [0.1, 0.15) is 23.7 Å². The molecule has 1 aromatic rings. The summed E-state index contributed by atoms with van der Waals surface area (Å²) in [6.45, 7) is 5.91. The number of rotatable bonds is 4. The molecule has 7 nitrogen and oxygen atoms in total. The van der Waals surface area contributed by atoms with E-state index in [1.807, 2.05) is 0 Å². The zero-order chi connectivity index (χ0) is 15.4. The Kier molecular flexibility index (Phi) is 4.74. The number of carbonyl (C=O) groups excluding carboxylic acids is 1. The number of carbonyl (C=O) groups is 1. The highest BCUT2D eigenvalue weighted by molar-refractivity contribution is 6.00. The van der Waals surface area contributed by atoms with Crippen LogP contribution in [-0.4, -0.2) is 53.4 Å². The van der Waals surface area contributed by atoms with Gasteiger partial charge in [-0.15, -0.1) is 0 Å². The molecule has 0 aliphatic carbocycles. The summed E-state index contributed by atoms with van der Waals surface area (Å²) in [5.74, 6) is -0.315. The molecule has 0 radical (unpaired) electrons. The summed E-state index contributed by atoms with van der Waals surface area (Å²) in [6.07, 6.45) is 1.08. The fraction of sp³-hybridized carbons (Fsp3) is 0.500. The van der Waals surface area contributed by atoms with Crippen LogP contribution in [0.15, 0.2) is 18.2 Å². The molecule has 0 aromatic heterocycles. The van der Waals surface area contributed by atoms with Gasteiger partial charge in [0.15, 0.2) is 0 Å². The van der Waals surface area contributed by atoms with Gasteiger partial charge in [-0.3, -0.25) is 19.8 Å². The number of amides is 1. The molecule has 1 aliphatic heterocycles. The van der Waals surface area contributed by atoms with Crippen LogP contribution in [0.5, 0.6) is 0 Å². The lowest BCUT2D eigenvalue weighted by molar-refractivity contribution is -0.384. The van der Waals surface area contributed by atoms with Gasteiger partial charge in [-0.05, 0) is 25.1 Å². The van der Waals surface area contributed by atoms with Crippen LogP contribution >= 0.6 is 0 Å². The number of nitrogens with two attached hydrogens (primary N) is 1. The van der Waals surface area contributed by atoms with Crippen LogP contribution < -0.4 is 5.73 Å². The normalized spacial score (nSPS) is 16.0. The van der Waals surface area contributed by atoms with Crippen molar-refractivity contribution in [3.63, 3.8) is 0 Å². The summed E-state index contributed by atoms with van der Waals surface area (Å²) in [5.41, 5.74) is 5.43. The molecular weight excluding hydrogens is 272 g/mol. The summed E-state index contributed by atoms with van der Waals surface area (Å²) in [7, 11) is 0. The van der Waals surface area contributed by atoms with Crippen LogP contribution in [0.25, 0.3) is 0 Å². The molecule has 21 heavy (non-hydrogen) atoms. The van der Waals surface area contributed by atoms with Crippen LogP contribution in [-0.2, 0) is 0 Å².